The van der Waals surface area contributed by atoms with Crippen molar-refractivity contribution in [3.63, 3.8) is 0 Å². The molecule has 1 fully saturated rings. The number of amides is 1. The normalized spacial score (nSPS) is 14.8. The summed E-state index contributed by atoms with van der Waals surface area (Å²) in [5.41, 5.74) is 1.92. The number of hydrogen-bond donors (Lipinski definition) is 0. The second-order valence-electron chi connectivity index (χ2n) is 9.20. The zero-order valence-corrected chi connectivity index (χ0v) is 21.1. The van der Waals surface area contributed by atoms with Crippen LogP contribution in [0.1, 0.15) is 60.9 Å². The minimum atomic E-state index is -0.0763. The summed E-state index contributed by atoms with van der Waals surface area (Å²) in [6.07, 6.45) is 8.47. The SMILES string of the molecule is COc1ccc(CC(C=NC(=O)CCCCCC(=O)c2ccc(OC)cc2)CN2CCCC2)cc1. The first-order valence-corrected chi connectivity index (χ1v) is 12.7. The van der Waals surface area contributed by atoms with Crippen LogP contribution in [0.4, 0.5) is 0 Å². The monoisotopic (exact) mass is 478 g/mol. The molecular formula is C29H38N2O4. The van der Waals surface area contributed by atoms with Gasteiger partial charge in [-0.05, 0) is 87.2 Å². The van der Waals surface area contributed by atoms with Crippen molar-refractivity contribution in [2.75, 3.05) is 33.9 Å². The number of Topliss-reactive ketones (excluding diaryl/α,β-unsaturated/α-hetero) is 1. The van der Waals surface area contributed by atoms with Crippen molar-refractivity contribution in [3.05, 3.63) is 59.7 Å². The molecule has 0 aliphatic carbocycles. The lowest BCUT2D eigenvalue weighted by molar-refractivity contribution is -0.117. The van der Waals surface area contributed by atoms with E-state index in [1.54, 1.807) is 38.5 Å². The van der Waals surface area contributed by atoms with Gasteiger partial charge in [0, 0.05) is 37.1 Å². The van der Waals surface area contributed by atoms with Gasteiger partial charge < -0.3 is 14.4 Å². The molecule has 1 heterocycles. The van der Waals surface area contributed by atoms with Crippen LogP contribution >= 0.6 is 0 Å². The number of likely N-dealkylation sites (tertiary alicyclic amines) is 1. The van der Waals surface area contributed by atoms with Crippen molar-refractivity contribution in [2.24, 2.45) is 10.9 Å². The Morgan fingerprint density at radius 1 is 0.886 bits per heavy atom. The number of hydrogen-bond acceptors (Lipinski definition) is 5. The second-order valence-corrected chi connectivity index (χ2v) is 9.20. The molecule has 6 heteroatoms. The third-order valence-electron chi connectivity index (χ3n) is 6.48. The summed E-state index contributed by atoms with van der Waals surface area (Å²) < 4.78 is 10.4. The molecule has 0 spiro atoms. The Morgan fingerprint density at radius 2 is 1.49 bits per heavy atom. The summed E-state index contributed by atoms with van der Waals surface area (Å²) in [6.45, 7) is 3.17. The van der Waals surface area contributed by atoms with Gasteiger partial charge in [-0.3, -0.25) is 9.59 Å². The van der Waals surface area contributed by atoms with E-state index < -0.39 is 0 Å². The van der Waals surface area contributed by atoms with E-state index in [1.165, 1.54) is 18.4 Å². The topological polar surface area (TPSA) is 68.2 Å². The molecule has 35 heavy (non-hydrogen) atoms. The average molecular weight is 479 g/mol. The summed E-state index contributed by atoms with van der Waals surface area (Å²) in [6, 6.07) is 15.3. The van der Waals surface area contributed by atoms with E-state index in [9.17, 15) is 9.59 Å². The molecule has 1 atom stereocenters. The van der Waals surface area contributed by atoms with Gasteiger partial charge in [0.25, 0.3) is 0 Å². The van der Waals surface area contributed by atoms with Gasteiger partial charge in [0.1, 0.15) is 11.5 Å². The highest BCUT2D eigenvalue weighted by Gasteiger charge is 2.17. The van der Waals surface area contributed by atoms with Gasteiger partial charge in [0.05, 0.1) is 14.2 Å². The lowest BCUT2D eigenvalue weighted by Crippen LogP contribution is -2.28. The Hall–Kier alpha value is -2.99. The van der Waals surface area contributed by atoms with Crippen LogP contribution in [0.15, 0.2) is 53.5 Å². The van der Waals surface area contributed by atoms with Crippen molar-refractivity contribution in [2.45, 2.75) is 51.4 Å². The molecule has 3 rings (SSSR count). The quantitative estimate of drug-likeness (QED) is 0.207. The molecule has 1 aliphatic heterocycles. The first-order valence-electron chi connectivity index (χ1n) is 12.7. The highest BCUT2D eigenvalue weighted by molar-refractivity contribution is 5.96. The summed E-state index contributed by atoms with van der Waals surface area (Å²) in [4.78, 5) is 31.5. The Kier molecular flexibility index (Phi) is 11.0. The number of carbonyl (C=O) groups is 2. The van der Waals surface area contributed by atoms with Crippen LogP contribution < -0.4 is 9.47 Å². The fourth-order valence-corrected chi connectivity index (χ4v) is 4.44. The van der Waals surface area contributed by atoms with Crippen LogP contribution in [0.2, 0.25) is 0 Å². The molecule has 6 nitrogen and oxygen atoms in total. The Morgan fingerprint density at radius 3 is 2.11 bits per heavy atom. The van der Waals surface area contributed by atoms with Crippen LogP contribution in [0.3, 0.4) is 0 Å². The number of ether oxygens (including phenoxy) is 2. The maximum absolute atomic E-state index is 12.4. The Bertz CT molecular complexity index is 948. The minimum Gasteiger partial charge on any atom is -0.497 e. The molecule has 0 radical (unpaired) electrons. The van der Waals surface area contributed by atoms with E-state index in [-0.39, 0.29) is 17.6 Å². The molecule has 0 bridgehead atoms. The van der Waals surface area contributed by atoms with E-state index in [0.29, 0.717) is 18.4 Å². The second kappa shape index (κ2) is 14.4. The van der Waals surface area contributed by atoms with Crippen molar-refractivity contribution in [1.82, 2.24) is 4.90 Å². The van der Waals surface area contributed by atoms with Crippen LogP contribution in [-0.4, -0.2) is 56.7 Å². The molecule has 2 aromatic rings. The maximum atomic E-state index is 12.4. The molecule has 1 aliphatic rings. The minimum absolute atomic E-state index is 0.0763. The molecule has 1 unspecified atom stereocenters. The Balaban J connectivity index is 1.41. The largest absolute Gasteiger partial charge is 0.497 e. The van der Waals surface area contributed by atoms with Crippen LogP contribution in [0, 0.1) is 5.92 Å². The first kappa shape index (κ1) is 26.6. The molecule has 2 aromatic carbocycles. The van der Waals surface area contributed by atoms with Crippen LogP contribution in [-0.2, 0) is 11.2 Å². The number of unbranched alkanes of at least 4 members (excludes halogenated alkanes) is 2. The number of methoxy groups -OCH3 is 2. The Labute approximate surface area is 209 Å². The maximum Gasteiger partial charge on any atom is 0.245 e. The van der Waals surface area contributed by atoms with Crippen molar-refractivity contribution in [3.8, 4) is 11.5 Å². The fraction of sp³-hybridized carbons (Fsp3) is 0.483. The lowest BCUT2D eigenvalue weighted by Gasteiger charge is -2.20. The number of ketones is 1. The van der Waals surface area contributed by atoms with E-state index >= 15 is 0 Å². The van der Waals surface area contributed by atoms with Gasteiger partial charge in [-0.1, -0.05) is 18.6 Å². The molecule has 0 aromatic heterocycles. The van der Waals surface area contributed by atoms with Gasteiger partial charge in [-0.25, -0.2) is 4.99 Å². The molecule has 1 amide bonds. The predicted molar refractivity (Wildman–Crippen MR) is 140 cm³/mol. The van der Waals surface area contributed by atoms with Crippen molar-refractivity contribution < 1.29 is 19.1 Å². The van der Waals surface area contributed by atoms with Gasteiger partial charge in [-0.2, -0.15) is 0 Å². The summed E-state index contributed by atoms with van der Waals surface area (Å²) >= 11 is 0. The number of benzene rings is 2. The lowest BCUT2D eigenvalue weighted by atomic mass is 9.99. The highest BCUT2D eigenvalue weighted by atomic mass is 16.5. The molecular weight excluding hydrogens is 440 g/mol. The van der Waals surface area contributed by atoms with Crippen LogP contribution in [0.25, 0.3) is 0 Å². The highest BCUT2D eigenvalue weighted by Crippen LogP contribution is 2.18. The van der Waals surface area contributed by atoms with E-state index in [2.05, 4.69) is 22.0 Å². The number of carbonyl (C=O) groups excluding carboxylic acids is 2. The summed E-state index contributed by atoms with van der Waals surface area (Å²) in [5, 5.41) is 0. The third-order valence-corrected chi connectivity index (χ3v) is 6.48. The van der Waals surface area contributed by atoms with E-state index in [4.69, 9.17) is 9.47 Å². The third kappa shape index (κ3) is 9.29. The smallest absolute Gasteiger partial charge is 0.245 e. The average Bonchev–Trinajstić information content (AvgIpc) is 3.40. The number of aliphatic imine (C=N–C) groups is 1. The fourth-order valence-electron chi connectivity index (χ4n) is 4.44. The molecule has 188 valence electrons. The van der Waals surface area contributed by atoms with Gasteiger partial charge in [-0.15, -0.1) is 0 Å². The number of rotatable bonds is 14. The van der Waals surface area contributed by atoms with Crippen LogP contribution in [0.5, 0.6) is 11.5 Å². The zero-order valence-electron chi connectivity index (χ0n) is 21.1. The standard InChI is InChI=1S/C29H38N2O4/c1-34-26-14-10-23(11-15-26)20-24(22-31-18-6-7-19-31)21-30-29(33)9-5-3-4-8-28(32)25-12-16-27(35-2)17-13-25/h10-17,21,24H,3-9,18-20,22H2,1-2H3. The molecule has 0 N–H and O–H groups in total. The number of nitrogens with zero attached hydrogens (tertiary/aromatic N) is 2. The summed E-state index contributed by atoms with van der Waals surface area (Å²) in [5.74, 6) is 1.84. The van der Waals surface area contributed by atoms with E-state index in [1.807, 2.05) is 18.3 Å². The van der Waals surface area contributed by atoms with E-state index in [0.717, 1.165) is 56.8 Å². The van der Waals surface area contributed by atoms with Gasteiger partial charge in [0.15, 0.2) is 5.78 Å². The van der Waals surface area contributed by atoms with Crippen molar-refractivity contribution >= 4 is 17.9 Å². The predicted octanol–water partition coefficient (Wildman–Crippen LogP) is 5.39. The zero-order chi connectivity index (χ0) is 24.9. The first-order chi connectivity index (χ1) is 17.1. The van der Waals surface area contributed by atoms with Gasteiger partial charge >= 0.3 is 0 Å². The summed E-state index contributed by atoms with van der Waals surface area (Å²) in [7, 11) is 3.28. The molecule has 1 saturated heterocycles. The van der Waals surface area contributed by atoms with Gasteiger partial charge in [0.2, 0.25) is 5.91 Å². The molecule has 0 saturated carbocycles. The van der Waals surface area contributed by atoms with Crippen molar-refractivity contribution in [1.29, 1.82) is 0 Å².